The Morgan fingerprint density at radius 3 is 2.00 bits per heavy atom. The largest absolute Gasteiger partial charge is 0.311 e. The molecule has 1 fully saturated rings. The summed E-state index contributed by atoms with van der Waals surface area (Å²) in [6, 6.07) is 45.2. The maximum Gasteiger partial charge on any atom is 0.271 e. The number of azo groups is 2. The minimum atomic E-state index is 0.0103. The molecule has 55 heavy (non-hydrogen) atoms. The van der Waals surface area contributed by atoms with E-state index >= 15 is 0 Å². The molecule has 0 amide bonds. The van der Waals surface area contributed by atoms with Gasteiger partial charge in [0, 0.05) is 39.7 Å². The Labute approximate surface area is 327 Å². The molecule has 0 N–H and O–H groups in total. The molecule has 2 atom stereocenters. The highest BCUT2D eigenvalue weighted by atomic mass is 15.5. The fourth-order valence-electron chi connectivity index (χ4n) is 9.25. The van der Waals surface area contributed by atoms with Crippen LogP contribution in [0.1, 0.15) is 86.7 Å². The number of hydrogen-bond acceptors (Lipinski definition) is 2. The van der Waals surface area contributed by atoms with Crippen molar-refractivity contribution in [2.75, 3.05) is 4.90 Å². The summed E-state index contributed by atoms with van der Waals surface area (Å²) in [5, 5.41) is 5.11. The van der Waals surface area contributed by atoms with Gasteiger partial charge in [0.05, 0.1) is 0 Å². The fourth-order valence-corrected chi connectivity index (χ4v) is 9.25. The van der Waals surface area contributed by atoms with Crippen molar-refractivity contribution < 1.29 is 4.70 Å². The van der Waals surface area contributed by atoms with Crippen molar-refractivity contribution in [2.45, 2.75) is 71.4 Å². The topological polar surface area (TPSA) is 18.6 Å². The second-order valence-electron chi connectivity index (χ2n) is 15.6. The number of anilines is 3. The highest BCUT2D eigenvalue weighted by Gasteiger charge is 2.61. The summed E-state index contributed by atoms with van der Waals surface area (Å²) < 4.78 is 2.27. The monoisotopic (exact) mass is 716 g/mol. The van der Waals surface area contributed by atoms with Crippen LogP contribution >= 0.6 is 0 Å². The lowest BCUT2D eigenvalue weighted by Crippen LogP contribution is -2.22. The van der Waals surface area contributed by atoms with E-state index in [1.807, 2.05) is 0 Å². The van der Waals surface area contributed by atoms with Crippen molar-refractivity contribution >= 4 is 33.9 Å². The summed E-state index contributed by atoms with van der Waals surface area (Å²) in [7, 11) is 0. The lowest BCUT2D eigenvalue weighted by atomic mass is 9.68. The summed E-state index contributed by atoms with van der Waals surface area (Å²) in [6.45, 7) is 11.6. The fraction of sp³-hybridized carbons (Fsp3) is 0.231. The van der Waals surface area contributed by atoms with Crippen LogP contribution in [-0.4, -0.2) is 10.7 Å². The third-order valence-electron chi connectivity index (χ3n) is 12.6. The van der Waals surface area contributed by atoms with E-state index in [9.17, 15) is 0 Å². The molecular weight excluding hydrogens is 667 g/mol. The van der Waals surface area contributed by atoms with Gasteiger partial charge in [0.2, 0.25) is 0 Å². The van der Waals surface area contributed by atoms with E-state index in [0.29, 0.717) is 6.04 Å². The zero-order chi connectivity index (χ0) is 37.5. The molecule has 2 aliphatic carbocycles. The highest BCUT2D eigenvalue weighted by molar-refractivity contribution is 5.88. The molecule has 0 saturated carbocycles. The number of nitrogens with zero attached hydrogens (tertiary/aromatic N) is 3. The molecule has 3 heteroatoms. The van der Waals surface area contributed by atoms with E-state index in [0.717, 1.165) is 48.3 Å². The van der Waals surface area contributed by atoms with E-state index in [2.05, 4.69) is 182 Å². The number of unbranched alkanes of at least 4 members (excludes halogenated alkanes) is 1. The average molecular weight is 717 g/mol. The highest BCUT2D eigenvalue weighted by Crippen LogP contribution is 2.55. The molecule has 272 valence electrons. The molecule has 0 radical (unpaired) electrons. The van der Waals surface area contributed by atoms with Crippen LogP contribution in [0.25, 0.3) is 28.0 Å². The van der Waals surface area contributed by atoms with E-state index < -0.39 is 0 Å². The third-order valence-corrected chi connectivity index (χ3v) is 12.6. The number of para-hydroxylation sites is 1. The van der Waals surface area contributed by atoms with Crippen LogP contribution < -0.4 is 4.90 Å². The molecule has 0 spiro atoms. The minimum absolute atomic E-state index is 0.0103. The van der Waals surface area contributed by atoms with E-state index in [1.165, 1.54) is 68.6 Å². The summed E-state index contributed by atoms with van der Waals surface area (Å²) >= 11 is 0. The Morgan fingerprint density at radius 2 is 1.35 bits per heavy atom. The van der Waals surface area contributed by atoms with Gasteiger partial charge >= 0.3 is 0 Å². The number of allylic oxidation sites excluding steroid dienone is 7. The molecule has 2 unspecified atom stereocenters. The van der Waals surface area contributed by atoms with Crippen molar-refractivity contribution in [2.24, 2.45) is 10.5 Å². The van der Waals surface area contributed by atoms with Gasteiger partial charge in [-0.2, -0.15) is 0 Å². The molecular formula is C52H50N3+. The van der Waals surface area contributed by atoms with Gasteiger partial charge in [-0.25, -0.2) is 0 Å². The first-order chi connectivity index (χ1) is 27.0. The summed E-state index contributed by atoms with van der Waals surface area (Å²) in [6.07, 6.45) is 18.1. The Hall–Kier alpha value is -5.80. The normalized spacial score (nSPS) is 18.9. The zero-order valence-electron chi connectivity index (χ0n) is 32.4. The first-order valence-corrected chi connectivity index (χ1v) is 20.3. The summed E-state index contributed by atoms with van der Waals surface area (Å²) in [5.74, 6) is 0. The molecule has 5 aromatic carbocycles. The van der Waals surface area contributed by atoms with Crippen LogP contribution in [0.2, 0.25) is 0 Å². The lowest BCUT2D eigenvalue weighted by molar-refractivity contribution is -0.445. The molecule has 3 nitrogen and oxygen atoms in total. The Morgan fingerprint density at radius 1 is 0.709 bits per heavy atom. The summed E-state index contributed by atoms with van der Waals surface area (Å²) in [5.41, 5.74) is 17.6. The first kappa shape index (κ1) is 34.9. The zero-order valence-corrected chi connectivity index (χ0v) is 32.4. The first-order valence-electron chi connectivity index (χ1n) is 20.3. The summed E-state index contributed by atoms with van der Waals surface area (Å²) in [4.78, 5) is 2.34. The number of fused-ring (bicyclic) bond motifs is 5. The molecule has 2 heterocycles. The van der Waals surface area contributed by atoms with E-state index in [-0.39, 0.29) is 11.5 Å². The van der Waals surface area contributed by atoms with Crippen LogP contribution in [-0.2, 0) is 6.42 Å². The van der Waals surface area contributed by atoms with Crippen LogP contribution in [0.3, 0.4) is 0 Å². The Kier molecular flexibility index (Phi) is 9.18. The van der Waals surface area contributed by atoms with Gasteiger partial charge in [-0.1, -0.05) is 147 Å². The minimum Gasteiger partial charge on any atom is -0.311 e. The third kappa shape index (κ3) is 6.26. The number of benzene rings is 5. The standard InChI is InChI=1S/C52H50N3/c1-5-8-14-37-19-28-45(29-20-37)54(44-17-10-9-11-18-44)46-30-25-39(26-31-46)38-21-23-40(24-22-38)49-35-50-51(55(50)53-49)42-27-32-47-36(4)52(6-2,7-3)43-16-13-12-15-41(33-43)48(47)34-42/h9-13,15-32,34-35,50-51H,4-8,14,33H2,1-3H3/q+1. The predicted molar refractivity (Wildman–Crippen MR) is 231 cm³/mol. The Balaban J connectivity index is 0.915. The van der Waals surface area contributed by atoms with E-state index in [1.54, 1.807) is 0 Å². The van der Waals surface area contributed by atoms with Gasteiger partial charge in [-0.05, 0) is 119 Å². The van der Waals surface area contributed by atoms with Crippen molar-refractivity contribution in [1.29, 1.82) is 0 Å². The van der Waals surface area contributed by atoms with Gasteiger partial charge in [0.1, 0.15) is 5.70 Å². The van der Waals surface area contributed by atoms with Gasteiger partial charge in [0.15, 0.2) is 0 Å². The molecule has 0 aromatic heterocycles. The molecule has 2 aliphatic heterocycles. The average Bonchev–Trinajstić information content (AvgIpc) is 3.86. The molecule has 1 saturated heterocycles. The second-order valence-corrected chi connectivity index (χ2v) is 15.6. The SMILES string of the molecule is C=C1c2ccc(C3C4C=C(c5ccc(-c6ccc(N(c7ccccc7)c7ccc(CCCC)cc7)cc6)cc5)N=[N+]43)cc2C2=CC=CC=C(C2)C1(CC)CC. The second kappa shape index (κ2) is 14.5. The van der Waals surface area contributed by atoms with Gasteiger partial charge < -0.3 is 4.90 Å². The van der Waals surface area contributed by atoms with Crippen molar-refractivity contribution in [1.82, 2.24) is 0 Å². The van der Waals surface area contributed by atoms with Crippen LogP contribution in [0.15, 0.2) is 169 Å². The van der Waals surface area contributed by atoms with Crippen LogP contribution in [0.5, 0.6) is 0 Å². The van der Waals surface area contributed by atoms with Crippen molar-refractivity contribution in [3.8, 4) is 11.1 Å². The lowest BCUT2D eigenvalue weighted by Gasteiger charge is -2.35. The predicted octanol–water partition coefficient (Wildman–Crippen LogP) is 14.2. The smallest absolute Gasteiger partial charge is 0.271 e. The number of rotatable bonds is 11. The van der Waals surface area contributed by atoms with Crippen LogP contribution in [0, 0.1) is 5.41 Å². The van der Waals surface area contributed by atoms with Crippen molar-refractivity contribution in [3.05, 3.63) is 192 Å². The molecule has 9 rings (SSSR count). The number of aryl methyl sites for hydroxylation is 1. The molecule has 2 bridgehead atoms. The van der Waals surface area contributed by atoms with Crippen LogP contribution in [0.4, 0.5) is 17.1 Å². The van der Waals surface area contributed by atoms with Gasteiger partial charge in [-0.3, -0.25) is 0 Å². The van der Waals surface area contributed by atoms with Crippen molar-refractivity contribution in [3.63, 3.8) is 0 Å². The van der Waals surface area contributed by atoms with Gasteiger partial charge in [-0.15, -0.1) is 0 Å². The maximum absolute atomic E-state index is 5.11. The quantitative estimate of drug-likeness (QED) is 0.0983. The van der Waals surface area contributed by atoms with Gasteiger partial charge in [0.25, 0.3) is 12.1 Å². The number of hydrogen-bond donors (Lipinski definition) is 0. The molecule has 4 aliphatic rings. The maximum atomic E-state index is 5.11. The molecule has 5 aromatic rings. The van der Waals surface area contributed by atoms with E-state index in [4.69, 9.17) is 11.7 Å². The Bertz CT molecular complexity index is 2400.